The first-order valence-corrected chi connectivity index (χ1v) is 5.11. The molecule has 2 rings (SSSR count). The minimum Gasteiger partial charge on any atom is -0.315 e. The quantitative estimate of drug-likeness (QED) is 0.752. The van der Waals surface area contributed by atoms with Gasteiger partial charge in [-0.2, -0.15) is 5.10 Å². The van der Waals surface area contributed by atoms with E-state index in [1.165, 1.54) is 10.7 Å². The first-order chi connectivity index (χ1) is 6.79. The molecule has 0 spiro atoms. The van der Waals surface area contributed by atoms with Crippen LogP contribution in [-0.4, -0.2) is 22.9 Å². The Labute approximate surface area is 86.9 Å². The highest BCUT2D eigenvalue weighted by Crippen LogP contribution is 2.13. The molecule has 14 heavy (non-hydrogen) atoms. The van der Waals surface area contributed by atoms with Crippen molar-refractivity contribution in [2.75, 3.05) is 13.1 Å². The SMILES string of the molecule is O=c1c(Cl)ccnn1C1CCCNC1. The summed E-state index contributed by atoms with van der Waals surface area (Å²) in [5.74, 6) is 0. The molecule has 0 amide bonds. The van der Waals surface area contributed by atoms with E-state index in [1.807, 2.05) is 0 Å². The molecule has 0 radical (unpaired) electrons. The van der Waals surface area contributed by atoms with Crippen molar-refractivity contribution in [1.29, 1.82) is 0 Å². The number of halogens is 1. The first-order valence-electron chi connectivity index (χ1n) is 4.73. The van der Waals surface area contributed by atoms with E-state index in [9.17, 15) is 4.79 Å². The van der Waals surface area contributed by atoms with Crippen molar-refractivity contribution >= 4 is 11.6 Å². The van der Waals surface area contributed by atoms with Gasteiger partial charge in [0.2, 0.25) is 0 Å². The Balaban J connectivity index is 2.31. The van der Waals surface area contributed by atoms with Gasteiger partial charge in [-0.3, -0.25) is 4.79 Å². The van der Waals surface area contributed by atoms with Gasteiger partial charge in [0.1, 0.15) is 5.02 Å². The standard InChI is InChI=1S/C9H12ClN3O/c10-8-3-5-12-13(9(8)14)7-2-1-4-11-6-7/h3,5,7,11H,1-2,4,6H2. The number of nitrogens with one attached hydrogen (secondary N) is 1. The smallest absolute Gasteiger partial charge is 0.285 e. The maximum absolute atomic E-state index is 11.6. The van der Waals surface area contributed by atoms with Gasteiger partial charge in [0, 0.05) is 12.7 Å². The summed E-state index contributed by atoms with van der Waals surface area (Å²) in [6.07, 6.45) is 3.63. The van der Waals surface area contributed by atoms with Crippen LogP contribution in [0.1, 0.15) is 18.9 Å². The molecule has 2 heterocycles. The Kier molecular flexibility index (Phi) is 2.84. The van der Waals surface area contributed by atoms with Crippen molar-refractivity contribution in [2.45, 2.75) is 18.9 Å². The monoisotopic (exact) mass is 213 g/mol. The maximum atomic E-state index is 11.6. The molecule has 0 aromatic carbocycles. The molecule has 1 aromatic rings. The third kappa shape index (κ3) is 1.81. The van der Waals surface area contributed by atoms with E-state index >= 15 is 0 Å². The summed E-state index contributed by atoms with van der Waals surface area (Å²) in [7, 11) is 0. The topological polar surface area (TPSA) is 46.9 Å². The average molecular weight is 214 g/mol. The fraction of sp³-hybridized carbons (Fsp3) is 0.556. The van der Waals surface area contributed by atoms with Crippen molar-refractivity contribution in [2.24, 2.45) is 0 Å². The van der Waals surface area contributed by atoms with E-state index in [0.717, 1.165) is 25.9 Å². The number of hydrogen-bond acceptors (Lipinski definition) is 3. The predicted molar refractivity (Wildman–Crippen MR) is 54.6 cm³/mol. The molecule has 1 fully saturated rings. The zero-order valence-corrected chi connectivity index (χ0v) is 8.50. The van der Waals surface area contributed by atoms with Crippen molar-refractivity contribution < 1.29 is 0 Å². The largest absolute Gasteiger partial charge is 0.315 e. The van der Waals surface area contributed by atoms with Crippen LogP contribution in [0.2, 0.25) is 5.02 Å². The maximum Gasteiger partial charge on any atom is 0.285 e. The van der Waals surface area contributed by atoms with Crippen LogP contribution in [0, 0.1) is 0 Å². The second-order valence-corrected chi connectivity index (χ2v) is 3.84. The summed E-state index contributed by atoms with van der Waals surface area (Å²) >= 11 is 5.74. The average Bonchev–Trinajstić information content (AvgIpc) is 2.23. The molecule has 1 aliphatic heterocycles. The van der Waals surface area contributed by atoms with Crippen molar-refractivity contribution in [3.05, 3.63) is 27.6 Å². The van der Waals surface area contributed by atoms with E-state index in [-0.39, 0.29) is 16.6 Å². The molecule has 4 nitrogen and oxygen atoms in total. The molecule has 1 atom stereocenters. The van der Waals surface area contributed by atoms with E-state index in [0.29, 0.717) is 0 Å². The van der Waals surface area contributed by atoms with Crippen LogP contribution in [0.3, 0.4) is 0 Å². The van der Waals surface area contributed by atoms with E-state index < -0.39 is 0 Å². The van der Waals surface area contributed by atoms with Crippen molar-refractivity contribution in [3.63, 3.8) is 0 Å². The lowest BCUT2D eigenvalue weighted by Gasteiger charge is -2.23. The minimum atomic E-state index is -0.192. The van der Waals surface area contributed by atoms with Crippen LogP contribution < -0.4 is 10.9 Å². The molecule has 0 saturated carbocycles. The first kappa shape index (κ1) is 9.68. The lowest BCUT2D eigenvalue weighted by Crippen LogP contribution is -2.37. The Morgan fingerprint density at radius 3 is 3.21 bits per heavy atom. The lowest BCUT2D eigenvalue weighted by molar-refractivity contribution is 0.335. The number of hydrogen-bond donors (Lipinski definition) is 1. The molecule has 0 aliphatic carbocycles. The summed E-state index contributed by atoms with van der Waals surface area (Å²) in [5, 5.41) is 7.52. The number of nitrogens with zero attached hydrogens (tertiary/aromatic N) is 2. The Morgan fingerprint density at radius 1 is 1.64 bits per heavy atom. The summed E-state index contributed by atoms with van der Waals surface area (Å²) in [6, 6.07) is 1.67. The van der Waals surface area contributed by atoms with Crippen molar-refractivity contribution in [1.82, 2.24) is 15.1 Å². The Morgan fingerprint density at radius 2 is 2.50 bits per heavy atom. The fourth-order valence-electron chi connectivity index (χ4n) is 1.71. The van der Waals surface area contributed by atoms with Gasteiger partial charge in [-0.25, -0.2) is 4.68 Å². The minimum absolute atomic E-state index is 0.148. The van der Waals surface area contributed by atoms with Crippen LogP contribution in [-0.2, 0) is 0 Å². The van der Waals surface area contributed by atoms with Crippen LogP contribution in [0.25, 0.3) is 0 Å². The number of aromatic nitrogens is 2. The summed E-state index contributed by atoms with van der Waals surface area (Å²) < 4.78 is 1.48. The number of piperidine rings is 1. The Hall–Kier alpha value is -0.870. The highest BCUT2D eigenvalue weighted by molar-refractivity contribution is 6.30. The fourth-order valence-corrected chi connectivity index (χ4v) is 1.85. The van der Waals surface area contributed by atoms with Gasteiger partial charge in [-0.05, 0) is 25.5 Å². The lowest BCUT2D eigenvalue weighted by atomic mass is 10.1. The van der Waals surface area contributed by atoms with Crippen LogP contribution in [0.4, 0.5) is 0 Å². The second kappa shape index (κ2) is 4.11. The molecule has 76 valence electrons. The normalized spacial score (nSPS) is 22.2. The third-order valence-corrected chi connectivity index (χ3v) is 2.73. The highest BCUT2D eigenvalue weighted by atomic mass is 35.5. The van der Waals surface area contributed by atoms with Crippen molar-refractivity contribution in [3.8, 4) is 0 Å². The highest BCUT2D eigenvalue weighted by Gasteiger charge is 2.17. The molecule has 1 N–H and O–H groups in total. The molecular formula is C9H12ClN3O. The molecule has 0 bridgehead atoms. The van der Waals surface area contributed by atoms with Gasteiger partial charge in [-0.15, -0.1) is 0 Å². The molecule has 5 heteroatoms. The molecule has 1 unspecified atom stereocenters. The summed E-state index contributed by atoms with van der Waals surface area (Å²) in [6.45, 7) is 1.82. The molecule has 1 saturated heterocycles. The van der Waals surface area contributed by atoms with Gasteiger partial charge in [0.15, 0.2) is 0 Å². The van der Waals surface area contributed by atoms with E-state index in [2.05, 4.69) is 10.4 Å². The molecule has 1 aromatic heterocycles. The summed E-state index contributed by atoms with van der Waals surface area (Å²) in [4.78, 5) is 11.6. The third-order valence-electron chi connectivity index (χ3n) is 2.44. The molecular weight excluding hydrogens is 202 g/mol. The van der Waals surface area contributed by atoms with Gasteiger partial charge in [-0.1, -0.05) is 11.6 Å². The van der Waals surface area contributed by atoms with E-state index in [4.69, 9.17) is 11.6 Å². The summed E-state index contributed by atoms with van der Waals surface area (Å²) in [5.41, 5.74) is -0.192. The van der Waals surface area contributed by atoms with Crippen LogP contribution in [0.5, 0.6) is 0 Å². The van der Waals surface area contributed by atoms with E-state index in [1.54, 1.807) is 6.20 Å². The van der Waals surface area contributed by atoms with Gasteiger partial charge in [0.25, 0.3) is 5.56 Å². The molecule has 1 aliphatic rings. The predicted octanol–water partition coefficient (Wildman–Crippen LogP) is 0.821. The van der Waals surface area contributed by atoms with Gasteiger partial charge < -0.3 is 5.32 Å². The second-order valence-electron chi connectivity index (χ2n) is 3.43. The van der Waals surface area contributed by atoms with Crippen LogP contribution >= 0.6 is 11.6 Å². The zero-order valence-electron chi connectivity index (χ0n) is 7.74. The zero-order chi connectivity index (χ0) is 9.97. The van der Waals surface area contributed by atoms with Gasteiger partial charge >= 0.3 is 0 Å². The number of rotatable bonds is 1. The Bertz CT molecular complexity index is 371. The van der Waals surface area contributed by atoms with Crippen LogP contribution in [0.15, 0.2) is 17.1 Å². The van der Waals surface area contributed by atoms with Gasteiger partial charge in [0.05, 0.1) is 6.04 Å².